The molecule has 0 radical (unpaired) electrons. The second-order valence-corrected chi connectivity index (χ2v) is 6.51. The minimum Gasteiger partial charge on any atom is -0.342 e. The summed E-state index contributed by atoms with van der Waals surface area (Å²) in [7, 11) is -3.30. The van der Waals surface area contributed by atoms with Crippen molar-refractivity contribution in [2.75, 3.05) is 11.6 Å². The Morgan fingerprint density at radius 2 is 1.95 bits per heavy atom. The van der Waals surface area contributed by atoms with Crippen molar-refractivity contribution in [1.82, 2.24) is 4.98 Å². The van der Waals surface area contributed by atoms with Gasteiger partial charge in [-0.3, -0.25) is 4.98 Å². The highest BCUT2D eigenvalue weighted by Crippen LogP contribution is 2.14. The lowest BCUT2D eigenvalue weighted by Crippen LogP contribution is -2.13. The Bertz CT molecular complexity index is 743. The van der Waals surface area contributed by atoms with E-state index in [1.165, 1.54) is 24.4 Å². The summed E-state index contributed by atoms with van der Waals surface area (Å²) in [4.78, 5) is 4.29. The standard InChI is InChI=1S/C13H11FN2O2S2/c1-20(17,18)9-6-7-12(15-8-9)13(19)16-11-5-3-2-4-10(11)14/h2-8H,1H3,(H,16,19). The van der Waals surface area contributed by atoms with Crippen LogP contribution in [0, 0.1) is 5.82 Å². The second-order valence-electron chi connectivity index (χ2n) is 4.09. The molecular weight excluding hydrogens is 299 g/mol. The van der Waals surface area contributed by atoms with Gasteiger partial charge in [-0.1, -0.05) is 24.4 Å². The van der Waals surface area contributed by atoms with Crippen molar-refractivity contribution >= 4 is 32.7 Å². The number of nitrogens with one attached hydrogen (secondary N) is 1. The van der Waals surface area contributed by atoms with E-state index in [2.05, 4.69) is 10.3 Å². The van der Waals surface area contributed by atoms with Gasteiger partial charge in [-0.2, -0.15) is 0 Å². The summed E-state index contributed by atoms with van der Waals surface area (Å²) >= 11 is 5.11. The van der Waals surface area contributed by atoms with Crippen LogP contribution in [0.15, 0.2) is 47.5 Å². The zero-order valence-electron chi connectivity index (χ0n) is 10.5. The van der Waals surface area contributed by atoms with Crippen LogP contribution >= 0.6 is 12.2 Å². The molecule has 0 fully saturated rings. The Morgan fingerprint density at radius 3 is 2.50 bits per heavy atom. The molecule has 2 rings (SSSR count). The van der Waals surface area contributed by atoms with E-state index in [1.807, 2.05) is 0 Å². The fraction of sp³-hybridized carbons (Fsp3) is 0.0769. The first kappa shape index (κ1) is 14.5. The van der Waals surface area contributed by atoms with Crippen molar-refractivity contribution in [2.45, 2.75) is 4.90 Å². The van der Waals surface area contributed by atoms with Crippen LogP contribution < -0.4 is 5.32 Å². The fourth-order valence-electron chi connectivity index (χ4n) is 1.48. The smallest absolute Gasteiger partial charge is 0.177 e. The summed E-state index contributed by atoms with van der Waals surface area (Å²) in [5.74, 6) is -0.428. The highest BCUT2D eigenvalue weighted by Gasteiger charge is 2.10. The summed E-state index contributed by atoms with van der Waals surface area (Å²) < 4.78 is 36.1. The first-order valence-electron chi connectivity index (χ1n) is 5.60. The fourth-order valence-corrected chi connectivity index (χ4v) is 2.27. The molecule has 104 valence electrons. The Labute approximate surface area is 121 Å². The van der Waals surface area contributed by atoms with Crippen LogP contribution in [0.5, 0.6) is 0 Å². The van der Waals surface area contributed by atoms with Crippen LogP contribution in [0.1, 0.15) is 5.69 Å². The van der Waals surface area contributed by atoms with Gasteiger partial charge in [0, 0.05) is 12.5 Å². The molecule has 20 heavy (non-hydrogen) atoms. The number of hydrogen-bond donors (Lipinski definition) is 1. The summed E-state index contributed by atoms with van der Waals surface area (Å²) in [5.41, 5.74) is 0.613. The normalized spacial score (nSPS) is 11.1. The lowest BCUT2D eigenvalue weighted by Gasteiger charge is -2.08. The molecule has 0 atom stereocenters. The monoisotopic (exact) mass is 310 g/mol. The maximum atomic E-state index is 13.5. The van der Waals surface area contributed by atoms with Crippen molar-refractivity contribution in [1.29, 1.82) is 0 Å². The largest absolute Gasteiger partial charge is 0.342 e. The number of rotatable bonds is 3. The number of anilines is 1. The van der Waals surface area contributed by atoms with E-state index in [4.69, 9.17) is 12.2 Å². The minimum atomic E-state index is -3.30. The van der Waals surface area contributed by atoms with Gasteiger partial charge in [0.2, 0.25) is 0 Å². The predicted molar refractivity (Wildman–Crippen MR) is 79.1 cm³/mol. The molecule has 0 aliphatic rings. The molecule has 1 heterocycles. The van der Waals surface area contributed by atoms with E-state index in [9.17, 15) is 12.8 Å². The van der Waals surface area contributed by atoms with E-state index >= 15 is 0 Å². The average molecular weight is 310 g/mol. The van der Waals surface area contributed by atoms with Crippen LogP contribution in [0.4, 0.5) is 10.1 Å². The maximum absolute atomic E-state index is 13.5. The number of aromatic nitrogens is 1. The van der Waals surface area contributed by atoms with Gasteiger partial charge < -0.3 is 5.32 Å². The number of pyridine rings is 1. The highest BCUT2D eigenvalue weighted by atomic mass is 32.2. The van der Waals surface area contributed by atoms with Crippen molar-refractivity contribution in [3.63, 3.8) is 0 Å². The van der Waals surface area contributed by atoms with Crippen LogP contribution in [0.3, 0.4) is 0 Å². The van der Waals surface area contributed by atoms with Gasteiger partial charge in [0.25, 0.3) is 0 Å². The van der Waals surface area contributed by atoms with E-state index < -0.39 is 15.7 Å². The number of halogens is 1. The highest BCUT2D eigenvalue weighted by molar-refractivity contribution is 7.90. The molecule has 1 aromatic carbocycles. The average Bonchev–Trinajstić information content (AvgIpc) is 2.40. The lowest BCUT2D eigenvalue weighted by molar-refractivity contribution is 0.601. The molecule has 0 saturated carbocycles. The van der Waals surface area contributed by atoms with Gasteiger partial charge in [0.1, 0.15) is 10.8 Å². The third-order valence-electron chi connectivity index (χ3n) is 2.52. The molecule has 0 saturated heterocycles. The molecule has 0 spiro atoms. The molecule has 0 aliphatic heterocycles. The first-order chi connectivity index (χ1) is 9.38. The van der Waals surface area contributed by atoms with Gasteiger partial charge in [0.15, 0.2) is 9.84 Å². The predicted octanol–water partition coefficient (Wildman–Crippen LogP) is 2.41. The Hall–Kier alpha value is -1.86. The van der Waals surface area contributed by atoms with Crippen LogP contribution in [0.25, 0.3) is 0 Å². The Morgan fingerprint density at radius 1 is 1.25 bits per heavy atom. The van der Waals surface area contributed by atoms with Gasteiger partial charge >= 0.3 is 0 Å². The second kappa shape index (κ2) is 5.64. The molecule has 1 N–H and O–H groups in total. The zero-order chi connectivity index (χ0) is 14.8. The van der Waals surface area contributed by atoms with Gasteiger partial charge in [0.05, 0.1) is 16.3 Å². The van der Waals surface area contributed by atoms with Gasteiger partial charge in [-0.25, -0.2) is 12.8 Å². The van der Waals surface area contributed by atoms with Crippen LogP contribution in [-0.2, 0) is 9.84 Å². The molecule has 0 aliphatic carbocycles. The number of benzene rings is 1. The zero-order valence-corrected chi connectivity index (χ0v) is 12.1. The topological polar surface area (TPSA) is 59.1 Å². The molecule has 4 nitrogen and oxygen atoms in total. The van der Waals surface area contributed by atoms with E-state index in [0.29, 0.717) is 5.69 Å². The van der Waals surface area contributed by atoms with E-state index in [1.54, 1.807) is 18.2 Å². The number of hydrogen-bond acceptors (Lipinski definition) is 4. The Kier molecular flexibility index (Phi) is 4.10. The third-order valence-corrected chi connectivity index (χ3v) is 3.93. The molecular formula is C13H11FN2O2S2. The summed E-state index contributed by atoms with van der Waals surface area (Å²) in [6, 6.07) is 8.99. The first-order valence-corrected chi connectivity index (χ1v) is 7.90. The molecule has 0 amide bonds. The third kappa shape index (κ3) is 3.37. The van der Waals surface area contributed by atoms with E-state index in [-0.39, 0.29) is 15.6 Å². The van der Waals surface area contributed by atoms with Crippen molar-refractivity contribution in [2.24, 2.45) is 0 Å². The molecule has 2 aromatic rings. The van der Waals surface area contributed by atoms with Crippen molar-refractivity contribution in [3.8, 4) is 0 Å². The molecule has 7 heteroatoms. The molecule has 0 bridgehead atoms. The number of nitrogens with zero attached hydrogens (tertiary/aromatic N) is 1. The SMILES string of the molecule is CS(=O)(=O)c1ccc(C(=S)Nc2ccccc2F)nc1. The van der Waals surface area contributed by atoms with Crippen LogP contribution in [-0.4, -0.2) is 24.6 Å². The van der Waals surface area contributed by atoms with Crippen LogP contribution in [0.2, 0.25) is 0 Å². The number of para-hydroxylation sites is 1. The maximum Gasteiger partial charge on any atom is 0.177 e. The number of thiocarbonyl (C=S) groups is 1. The number of sulfone groups is 1. The van der Waals surface area contributed by atoms with Crippen molar-refractivity contribution in [3.05, 3.63) is 54.1 Å². The minimum absolute atomic E-state index is 0.106. The van der Waals surface area contributed by atoms with Gasteiger partial charge in [-0.15, -0.1) is 0 Å². The summed E-state index contributed by atoms with van der Waals surface area (Å²) in [6.07, 6.45) is 2.32. The van der Waals surface area contributed by atoms with Crippen molar-refractivity contribution < 1.29 is 12.8 Å². The summed E-state index contributed by atoms with van der Waals surface area (Å²) in [5, 5.41) is 2.73. The van der Waals surface area contributed by atoms with E-state index in [0.717, 1.165) is 6.26 Å². The molecule has 0 unspecified atom stereocenters. The summed E-state index contributed by atoms with van der Waals surface area (Å²) in [6.45, 7) is 0. The van der Waals surface area contributed by atoms with Gasteiger partial charge in [-0.05, 0) is 24.3 Å². The Balaban J connectivity index is 2.20. The molecule has 1 aromatic heterocycles. The quantitative estimate of drug-likeness (QED) is 0.882. The lowest BCUT2D eigenvalue weighted by atomic mass is 10.3.